The highest BCUT2D eigenvalue weighted by Crippen LogP contribution is 2.34. The summed E-state index contributed by atoms with van der Waals surface area (Å²) in [6, 6.07) is 8.79. The Kier molecular flexibility index (Phi) is 8.88. The Bertz CT molecular complexity index is 1250. The fourth-order valence-electron chi connectivity index (χ4n) is 4.49. The van der Waals surface area contributed by atoms with E-state index < -0.39 is 18.2 Å². The van der Waals surface area contributed by atoms with Crippen LogP contribution < -0.4 is 30.2 Å². The first kappa shape index (κ1) is 28.8. The molecule has 4 N–H and O–H groups in total. The van der Waals surface area contributed by atoms with E-state index in [1.54, 1.807) is 55.3 Å². The molecule has 2 aromatic carbocycles. The number of carbonyl (C=O) groups is 3. The average Bonchev–Trinajstić information content (AvgIpc) is 3.38. The summed E-state index contributed by atoms with van der Waals surface area (Å²) in [6.45, 7) is 7.85. The summed E-state index contributed by atoms with van der Waals surface area (Å²) >= 11 is 0. The Labute approximate surface area is 233 Å². The predicted molar refractivity (Wildman–Crippen MR) is 149 cm³/mol. The first-order valence-electron chi connectivity index (χ1n) is 13.3. The second kappa shape index (κ2) is 12.3. The monoisotopic (exact) mass is 555 g/mol. The van der Waals surface area contributed by atoms with Gasteiger partial charge >= 0.3 is 12.1 Å². The van der Waals surface area contributed by atoms with Crippen LogP contribution in [-0.4, -0.2) is 84.6 Å². The number of nitrogens with one attached hydrogen (secondary N) is 3. The minimum absolute atomic E-state index is 0.0586. The first-order chi connectivity index (χ1) is 19.0. The van der Waals surface area contributed by atoms with Crippen LogP contribution in [0.25, 0.3) is 0 Å². The molecule has 0 unspecified atom stereocenters. The van der Waals surface area contributed by atoms with Gasteiger partial charge in [-0.2, -0.15) is 0 Å². The van der Waals surface area contributed by atoms with E-state index in [4.69, 9.17) is 14.2 Å². The predicted octanol–water partition coefficient (Wildman–Crippen LogP) is 3.33. The summed E-state index contributed by atoms with van der Waals surface area (Å²) in [5.74, 6) is 1.02. The topological polar surface area (TPSA) is 142 Å². The van der Waals surface area contributed by atoms with E-state index in [1.165, 1.54) is 4.90 Å². The van der Waals surface area contributed by atoms with Gasteiger partial charge in [-0.05, 0) is 51.1 Å². The van der Waals surface area contributed by atoms with Crippen LogP contribution >= 0.6 is 0 Å². The van der Waals surface area contributed by atoms with E-state index in [1.807, 2.05) is 20.8 Å². The summed E-state index contributed by atoms with van der Waals surface area (Å²) in [5.41, 5.74) is 1.25. The molecule has 12 nitrogen and oxygen atoms in total. The number of hydrogen-bond donors (Lipinski definition) is 4. The van der Waals surface area contributed by atoms with Crippen molar-refractivity contribution in [1.82, 2.24) is 15.1 Å². The van der Waals surface area contributed by atoms with Gasteiger partial charge in [-0.25, -0.2) is 9.59 Å². The Morgan fingerprint density at radius 3 is 2.42 bits per heavy atom. The summed E-state index contributed by atoms with van der Waals surface area (Å²) in [5, 5.41) is 18.2. The van der Waals surface area contributed by atoms with Gasteiger partial charge in [-0.15, -0.1) is 0 Å². The number of nitrogens with zero attached hydrogens (tertiary/aromatic N) is 2. The van der Waals surface area contributed by atoms with Crippen LogP contribution in [0, 0.1) is 5.92 Å². The van der Waals surface area contributed by atoms with Crippen LogP contribution in [0.15, 0.2) is 36.4 Å². The van der Waals surface area contributed by atoms with E-state index >= 15 is 0 Å². The normalized spacial score (nSPS) is 18.7. The Morgan fingerprint density at radius 2 is 1.73 bits per heavy atom. The molecule has 4 rings (SSSR count). The van der Waals surface area contributed by atoms with Crippen molar-refractivity contribution >= 4 is 29.3 Å². The van der Waals surface area contributed by atoms with Crippen molar-refractivity contribution in [2.45, 2.75) is 45.9 Å². The van der Waals surface area contributed by atoms with E-state index in [2.05, 4.69) is 16.0 Å². The number of aliphatic hydroxyl groups excluding tert-OH is 1. The van der Waals surface area contributed by atoms with Gasteiger partial charge in [0.05, 0.1) is 24.8 Å². The average molecular weight is 556 g/mol. The van der Waals surface area contributed by atoms with Gasteiger partial charge in [0.1, 0.15) is 11.9 Å². The third kappa shape index (κ3) is 6.68. The third-order valence-corrected chi connectivity index (χ3v) is 6.77. The van der Waals surface area contributed by atoms with E-state index in [0.717, 1.165) is 0 Å². The minimum atomic E-state index is -0.476. The highest BCUT2D eigenvalue weighted by molar-refractivity contribution is 5.99. The highest BCUT2D eigenvalue weighted by Gasteiger charge is 2.34. The number of fused-ring (bicyclic) bond motifs is 2. The molecule has 2 aromatic rings. The van der Waals surface area contributed by atoms with Crippen molar-refractivity contribution in [3.63, 3.8) is 0 Å². The van der Waals surface area contributed by atoms with Crippen LogP contribution in [0.3, 0.4) is 0 Å². The lowest BCUT2D eigenvalue weighted by atomic mass is 9.99. The summed E-state index contributed by atoms with van der Waals surface area (Å²) in [6.07, 6.45) is -0.476. The van der Waals surface area contributed by atoms with Gasteiger partial charge in [0.15, 0.2) is 11.5 Å². The van der Waals surface area contributed by atoms with Gasteiger partial charge in [-0.1, -0.05) is 6.92 Å². The molecule has 0 aliphatic carbocycles. The third-order valence-electron chi connectivity index (χ3n) is 6.77. The van der Waals surface area contributed by atoms with E-state index in [0.29, 0.717) is 35.2 Å². The van der Waals surface area contributed by atoms with Gasteiger partial charge in [0.25, 0.3) is 5.91 Å². The molecule has 0 saturated carbocycles. The number of carbonyl (C=O) groups excluding carboxylic acids is 3. The van der Waals surface area contributed by atoms with Gasteiger partial charge in [0, 0.05) is 43.0 Å². The van der Waals surface area contributed by atoms with Crippen molar-refractivity contribution in [1.29, 1.82) is 0 Å². The number of rotatable bonds is 7. The van der Waals surface area contributed by atoms with E-state index in [-0.39, 0.29) is 49.4 Å². The van der Waals surface area contributed by atoms with Crippen LogP contribution in [0.5, 0.6) is 17.2 Å². The molecule has 216 valence electrons. The van der Waals surface area contributed by atoms with Crippen molar-refractivity contribution in [3.8, 4) is 17.2 Å². The van der Waals surface area contributed by atoms with Crippen molar-refractivity contribution in [2.75, 3.05) is 44.2 Å². The number of benzene rings is 2. The fraction of sp³-hybridized carbons (Fsp3) is 0.464. The molecule has 40 heavy (non-hydrogen) atoms. The van der Waals surface area contributed by atoms with Gasteiger partial charge < -0.3 is 45.1 Å². The van der Waals surface area contributed by atoms with Crippen molar-refractivity contribution in [2.24, 2.45) is 5.92 Å². The molecule has 0 saturated heterocycles. The van der Waals surface area contributed by atoms with Crippen LogP contribution in [-0.2, 0) is 0 Å². The molecule has 0 spiro atoms. The fourth-order valence-corrected chi connectivity index (χ4v) is 4.49. The lowest BCUT2D eigenvalue weighted by Gasteiger charge is -2.38. The van der Waals surface area contributed by atoms with Crippen molar-refractivity contribution < 1.29 is 33.7 Å². The molecule has 5 amide bonds. The smallest absolute Gasteiger partial charge is 0.321 e. The molecule has 2 aliphatic rings. The molecule has 3 atom stereocenters. The van der Waals surface area contributed by atoms with E-state index in [9.17, 15) is 19.5 Å². The number of amides is 5. The standard InChI is InChI=1S/C28H37N5O7/c1-16(2)29-27(36)30-19-6-8-22-21(10-19)26(35)33(18(4)14-34)12-17(3)25(40-22)13-32(5)28(37)31-20-7-9-23-24(11-20)39-15-38-23/h6-11,16-18,25,34H,12-15H2,1-5H3,(H,31,37)(H2,29,30,36)/t17-,18-,25-/m1/s1. The number of likely N-dealkylation sites (N-methyl/N-ethyl adjacent to an activating group) is 1. The summed E-state index contributed by atoms with van der Waals surface area (Å²) < 4.78 is 17.0. The lowest BCUT2D eigenvalue weighted by Crippen LogP contribution is -2.50. The summed E-state index contributed by atoms with van der Waals surface area (Å²) in [4.78, 5) is 42.0. The van der Waals surface area contributed by atoms with Gasteiger partial charge in [0.2, 0.25) is 6.79 Å². The highest BCUT2D eigenvalue weighted by atomic mass is 16.7. The maximum Gasteiger partial charge on any atom is 0.321 e. The molecule has 12 heteroatoms. The van der Waals surface area contributed by atoms with Crippen LogP contribution in [0.2, 0.25) is 0 Å². The summed E-state index contributed by atoms with van der Waals surface area (Å²) in [7, 11) is 1.66. The SMILES string of the molecule is CC(C)NC(=O)Nc1ccc2c(c1)C(=O)N([C@H](C)CO)C[C@@H](C)[C@@H](CN(C)C(=O)Nc1ccc3c(c1)OCO3)O2. The minimum Gasteiger partial charge on any atom is -0.487 e. The number of ether oxygens (including phenoxy) is 3. The zero-order chi connectivity index (χ0) is 29.0. The Morgan fingerprint density at radius 1 is 1.05 bits per heavy atom. The van der Waals surface area contributed by atoms with Gasteiger partial charge in [-0.3, -0.25) is 4.79 Å². The molecule has 2 heterocycles. The molecule has 0 bridgehead atoms. The Balaban J connectivity index is 1.54. The second-order valence-electron chi connectivity index (χ2n) is 10.5. The van der Waals surface area contributed by atoms with Crippen LogP contribution in [0.4, 0.5) is 21.0 Å². The molecular formula is C28H37N5O7. The maximum atomic E-state index is 13.6. The number of hydrogen-bond acceptors (Lipinski definition) is 7. The number of anilines is 2. The van der Waals surface area contributed by atoms with Crippen LogP contribution in [0.1, 0.15) is 38.1 Å². The Hall–Kier alpha value is -4.19. The van der Waals surface area contributed by atoms with Crippen molar-refractivity contribution in [3.05, 3.63) is 42.0 Å². The molecular weight excluding hydrogens is 518 g/mol. The number of aliphatic hydroxyl groups is 1. The molecule has 0 fully saturated rings. The number of urea groups is 2. The first-order valence-corrected chi connectivity index (χ1v) is 13.3. The zero-order valence-electron chi connectivity index (χ0n) is 23.4. The maximum absolute atomic E-state index is 13.6. The second-order valence-corrected chi connectivity index (χ2v) is 10.5. The quantitative estimate of drug-likeness (QED) is 0.411. The zero-order valence-corrected chi connectivity index (χ0v) is 23.4. The largest absolute Gasteiger partial charge is 0.487 e. The molecule has 0 radical (unpaired) electrons. The molecule has 0 aromatic heterocycles. The lowest BCUT2D eigenvalue weighted by molar-refractivity contribution is 0.0371. The molecule has 2 aliphatic heterocycles.